The van der Waals surface area contributed by atoms with Crippen LogP contribution in [0.4, 0.5) is 0 Å². The van der Waals surface area contributed by atoms with Gasteiger partial charge in [0.15, 0.2) is 0 Å². The number of methoxy groups -OCH3 is 1. The number of carbonyl (C=O) groups is 3. The molecule has 7 heteroatoms. The van der Waals surface area contributed by atoms with E-state index in [1.807, 2.05) is 0 Å². The lowest BCUT2D eigenvalue weighted by molar-refractivity contribution is -0.144. The molecule has 1 amide bonds. The van der Waals surface area contributed by atoms with Gasteiger partial charge in [-0.3, -0.25) is 9.59 Å². The van der Waals surface area contributed by atoms with Gasteiger partial charge in [0.1, 0.15) is 6.04 Å². The van der Waals surface area contributed by atoms with E-state index < -0.39 is 18.0 Å². The number of amides is 1. The maximum atomic E-state index is 11.6. The number of nitrogens with two attached hydrogens (primary N) is 1. The number of carboxylic acid groups (broad SMARTS) is 1. The van der Waals surface area contributed by atoms with Gasteiger partial charge in [0.25, 0.3) is 0 Å². The van der Waals surface area contributed by atoms with Crippen LogP contribution >= 0.6 is 0 Å². The molecule has 0 aliphatic carbocycles. The lowest BCUT2D eigenvalue weighted by atomic mass is 10.1. The van der Waals surface area contributed by atoms with E-state index in [0.717, 1.165) is 19.3 Å². The molecular weight excluding hydrogens is 264 g/mol. The van der Waals surface area contributed by atoms with Crippen LogP contribution in [0.1, 0.15) is 44.9 Å². The Morgan fingerprint density at radius 2 is 1.80 bits per heavy atom. The molecular formula is C13H24N2O5. The molecule has 0 unspecified atom stereocenters. The van der Waals surface area contributed by atoms with E-state index in [4.69, 9.17) is 10.8 Å². The van der Waals surface area contributed by atoms with E-state index in [9.17, 15) is 14.4 Å². The first kappa shape index (κ1) is 18.4. The van der Waals surface area contributed by atoms with Crippen molar-refractivity contribution in [3.8, 4) is 0 Å². The molecule has 0 radical (unpaired) electrons. The summed E-state index contributed by atoms with van der Waals surface area (Å²) in [7, 11) is 1.23. The maximum Gasteiger partial charge on any atom is 0.326 e. The Morgan fingerprint density at radius 3 is 2.35 bits per heavy atom. The highest BCUT2D eigenvalue weighted by Gasteiger charge is 2.20. The summed E-state index contributed by atoms with van der Waals surface area (Å²) >= 11 is 0. The van der Waals surface area contributed by atoms with Gasteiger partial charge < -0.3 is 20.9 Å². The summed E-state index contributed by atoms with van der Waals surface area (Å²) in [6.45, 7) is 0.640. The molecule has 0 aromatic heterocycles. The Bertz CT molecular complexity index is 320. The molecule has 0 aliphatic heterocycles. The molecule has 0 aromatic rings. The maximum absolute atomic E-state index is 11.6. The highest BCUT2D eigenvalue weighted by molar-refractivity contribution is 5.83. The number of unbranched alkanes of at least 4 members (excludes halogenated alkanes) is 3. The Kier molecular flexibility index (Phi) is 10.3. The van der Waals surface area contributed by atoms with Crippen molar-refractivity contribution in [3.63, 3.8) is 0 Å². The van der Waals surface area contributed by atoms with Crippen LogP contribution in [-0.2, 0) is 19.1 Å². The first-order valence-electron chi connectivity index (χ1n) is 6.80. The third-order valence-corrected chi connectivity index (χ3v) is 2.86. The minimum atomic E-state index is -1.15. The molecule has 0 spiro atoms. The lowest BCUT2D eigenvalue weighted by Gasteiger charge is -2.13. The molecule has 0 bridgehead atoms. The van der Waals surface area contributed by atoms with E-state index in [1.165, 1.54) is 7.11 Å². The smallest absolute Gasteiger partial charge is 0.326 e. The second kappa shape index (κ2) is 11.2. The third-order valence-electron chi connectivity index (χ3n) is 2.86. The fourth-order valence-corrected chi connectivity index (χ4v) is 1.67. The summed E-state index contributed by atoms with van der Waals surface area (Å²) in [6.07, 6.45) is 3.77. The van der Waals surface area contributed by atoms with E-state index in [1.54, 1.807) is 0 Å². The highest BCUT2D eigenvalue weighted by Crippen LogP contribution is 2.04. The van der Waals surface area contributed by atoms with Crippen molar-refractivity contribution in [2.24, 2.45) is 5.73 Å². The molecule has 1 atom stereocenters. The first-order chi connectivity index (χ1) is 9.51. The number of carboxylic acids is 1. The standard InChI is InChI=1S/C13H24N2O5/c1-20-12(17)8-7-10(13(18)19)15-11(16)6-4-2-3-5-9-14/h10H,2-9,14H2,1H3,(H,15,16)(H,18,19)/t10-/m0/s1. The third kappa shape index (κ3) is 9.32. The Balaban J connectivity index is 3.96. The number of rotatable bonds is 11. The van der Waals surface area contributed by atoms with Gasteiger partial charge in [0, 0.05) is 12.8 Å². The zero-order valence-corrected chi connectivity index (χ0v) is 11.9. The summed E-state index contributed by atoms with van der Waals surface area (Å²) < 4.78 is 4.43. The number of hydrogen-bond donors (Lipinski definition) is 3. The topological polar surface area (TPSA) is 119 Å². The van der Waals surface area contributed by atoms with Crippen LogP contribution < -0.4 is 11.1 Å². The highest BCUT2D eigenvalue weighted by atomic mass is 16.5. The molecule has 0 heterocycles. The summed E-state index contributed by atoms with van der Waals surface area (Å²) in [5, 5.41) is 11.4. The minimum absolute atomic E-state index is 0.0287. The molecule has 0 saturated carbocycles. The van der Waals surface area contributed by atoms with Gasteiger partial charge in [-0.15, -0.1) is 0 Å². The van der Waals surface area contributed by atoms with Crippen molar-refractivity contribution in [1.82, 2.24) is 5.32 Å². The van der Waals surface area contributed by atoms with E-state index in [2.05, 4.69) is 10.1 Å². The SMILES string of the molecule is COC(=O)CC[C@H](NC(=O)CCCCCCN)C(=O)O. The molecule has 0 aliphatic rings. The number of nitrogens with one attached hydrogen (secondary N) is 1. The monoisotopic (exact) mass is 288 g/mol. The zero-order valence-electron chi connectivity index (χ0n) is 11.9. The van der Waals surface area contributed by atoms with Gasteiger partial charge in [-0.05, 0) is 25.8 Å². The van der Waals surface area contributed by atoms with Gasteiger partial charge in [-0.2, -0.15) is 0 Å². The van der Waals surface area contributed by atoms with E-state index in [0.29, 0.717) is 13.0 Å². The Hall–Kier alpha value is -1.63. The summed E-state index contributed by atoms with van der Waals surface area (Å²) in [6, 6.07) is -1.05. The molecule has 116 valence electrons. The summed E-state index contributed by atoms with van der Waals surface area (Å²) in [4.78, 5) is 33.5. The first-order valence-corrected chi connectivity index (χ1v) is 6.80. The lowest BCUT2D eigenvalue weighted by Crippen LogP contribution is -2.41. The van der Waals surface area contributed by atoms with Gasteiger partial charge in [-0.25, -0.2) is 4.79 Å². The van der Waals surface area contributed by atoms with Crippen LogP contribution in [0, 0.1) is 0 Å². The molecule has 0 aromatic carbocycles. The Labute approximate surface area is 118 Å². The van der Waals surface area contributed by atoms with Crippen LogP contribution in [0.2, 0.25) is 0 Å². The second-order valence-corrected chi connectivity index (χ2v) is 4.53. The molecule has 7 nitrogen and oxygen atoms in total. The Morgan fingerprint density at radius 1 is 1.15 bits per heavy atom. The minimum Gasteiger partial charge on any atom is -0.480 e. The average Bonchev–Trinajstić information content (AvgIpc) is 2.42. The predicted octanol–water partition coefficient (Wildman–Crippen LogP) is 0.418. The fourth-order valence-electron chi connectivity index (χ4n) is 1.67. The van der Waals surface area contributed by atoms with Crippen LogP contribution in [0.25, 0.3) is 0 Å². The van der Waals surface area contributed by atoms with Gasteiger partial charge in [0.2, 0.25) is 5.91 Å². The van der Waals surface area contributed by atoms with E-state index >= 15 is 0 Å². The molecule has 0 rings (SSSR count). The normalized spacial score (nSPS) is 11.7. The van der Waals surface area contributed by atoms with Crippen molar-refractivity contribution in [3.05, 3.63) is 0 Å². The number of carbonyl (C=O) groups excluding carboxylic acids is 2. The van der Waals surface area contributed by atoms with Crippen molar-refractivity contribution >= 4 is 17.8 Å². The van der Waals surface area contributed by atoms with Crippen LogP contribution in [-0.4, -0.2) is 42.6 Å². The van der Waals surface area contributed by atoms with Crippen LogP contribution in [0.15, 0.2) is 0 Å². The van der Waals surface area contributed by atoms with E-state index in [-0.39, 0.29) is 25.2 Å². The average molecular weight is 288 g/mol. The largest absolute Gasteiger partial charge is 0.480 e. The fraction of sp³-hybridized carbons (Fsp3) is 0.769. The van der Waals surface area contributed by atoms with Gasteiger partial charge >= 0.3 is 11.9 Å². The van der Waals surface area contributed by atoms with Gasteiger partial charge in [0.05, 0.1) is 7.11 Å². The molecule has 20 heavy (non-hydrogen) atoms. The zero-order chi connectivity index (χ0) is 15.4. The summed E-state index contributed by atoms with van der Waals surface area (Å²) in [5.74, 6) is -1.95. The number of esters is 1. The van der Waals surface area contributed by atoms with Crippen molar-refractivity contribution in [2.45, 2.75) is 51.0 Å². The summed E-state index contributed by atoms with van der Waals surface area (Å²) in [5.41, 5.74) is 5.36. The molecule has 0 saturated heterocycles. The second-order valence-electron chi connectivity index (χ2n) is 4.53. The number of ether oxygens (including phenoxy) is 1. The molecule has 4 N–H and O–H groups in total. The van der Waals surface area contributed by atoms with Crippen molar-refractivity contribution in [1.29, 1.82) is 0 Å². The van der Waals surface area contributed by atoms with Crippen LogP contribution in [0.5, 0.6) is 0 Å². The number of hydrogen-bond acceptors (Lipinski definition) is 5. The number of aliphatic carboxylic acids is 1. The predicted molar refractivity (Wildman–Crippen MR) is 73.0 cm³/mol. The van der Waals surface area contributed by atoms with Crippen molar-refractivity contribution in [2.75, 3.05) is 13.7 Å². The molecule has 0 fully saturated rings. The quantitative estimate of drug-likeness (QED) is 0.374. The van der Waals surface area contributed by atoms with Crippen LogP contribution in [0.3, 0.4) is 0 Å². The van der Waals surface area contributed by atoms with Crippen molar-refractivity contribution < 1.29 is 24.2 Å². The van der Waals surface area contributed by atoms with Gasteiger partial charge in [-0.1, -0.05) is 12.8 Å².